The van der Waals surface area contributed by atoms with E-state index in [-0.39, 0.29) is 21.7 Å². The van der Waals surface area contributed by atoms with E-state index in [1.54, 1.807) is 0 Å². The Morgan fingerprint density at radius 2 is 0.733 bits per heavy atom. The van der Waals surface area contributed by atoms with Crippen molar-refractivity contribution in [1.29, 1.82) is 0 Å². The maximum absolute atomic E-state index is 9.06. The van der Waals surface area contributed by atoms with Gasteiger partial charge in [0.2, 0.25) is 0 Å². The predicted molar refractivity (Wildman–Crippen MR) is 23.8 cm³/mol. The fourth-order valence-electron chi connectivity index (χ4n) is 0.136. The first kappa shape index (κ1) is 18.9. The first-order chi connectivity index (χ1) is 6.25. The second kappa shape index (κ2) is 10.3. The van der Waals surface area contributed by atoms with Crippen LogP contribution in [-0.2, 0) is 31.2 Å². The molecular formula is C4O10Ti. The van der Waals surface area contributed by atoms with Crippen LogP contribution in [0.25, 0.3) is 0 Å². The van der Waals surface area contributed by atoms with Gasteiger partial charge >= 0.3 is 21.7 Å². The van der Waals surface area contributed by atoms with Crippen molar-refractivity contribution in [2.45, 2.75) is 0 Å². The first-order valence-corrected chi connectivity index (χ1v) is 2.45. The molecule has 0 bridgehead atoms. The third-order valence-corrected chi connectivity index (χ3v) is 0.333. The van der Waals surface area contributed by atoms with Gasteiger partial charge in [0.05, 0.1) is 0 Å². The third-order valence-electron chi connectivity index (χ3n) is 0.333. The Morgan fingerprint density at radius 3 is 0.733 bits per heavy atom. The molecule has 11 heteroatoms. The summed E-state index contributed by atoms with van der Waals surface area (Å²) in [6, 6.07) is 0. The Morgan fingerprint density at radius 1 is 0.600 bits per heavy atom. The van der Waals surface area contributed by atoms with Crippen LogP contribution in [0.5, 0.6) is 0 Å². The average Bonchev–Trinajstić information content (AvgIpc) is 1.79. The Bertz CT molecular complexity index is 196. The minimum atomic E-state index is -2.12. The van der Waals surface area contributed by atoms with Crippen LogP contribution < -0.4 is 20.4 Å². The second-order valence-corrected chi connectivity index (χ2v) is 1.20. The molecule has 0 aromatic carbocycles. The summed E-state index contributed by atoms with van der Waals surface area (Å²) in [6.45, 7) is 0. The first-order valence-electron chi connectivity index (χ1n) is 2.45. The summed E-state index contributed by atoms with van der Waals surface area (Å²) in [5.74, 6) is 0. The van der Waals surface area contributed by atoms with Crippen LogP contribution in [-0.4, -0.2) is 24.6 Å². The van der Waals surface area contributed by atoms with Gasteiger partial charge in [0, 0.05) is 0 Å². The Balaban J connectivity index is -0.000000180. The zero-order valence-electron chi connectivity index (χ0n) is 6.58. The number of ether oxygens (including phenoxy) is 2. The molecule has 0 aliphatic heterocycles. The van der Waals surface area contributed by atoms with Crippen molar-refractivity contribution in [3.05, 3.63) is 0 Å². The molecule has 80 valence electrons. The maximum Gasteiger partial charge on any atom is 4.00 e. The standard InChI is InChI=1S/2C2H2O5.Ti/c2*3-1(4)7-2(5)6;/h2*(H,3,4)(H,5,6);/q;;+4/p-4. The van der Waals surface area contributed by atoms with Crippen molar-refractivity contribution >= 4 is 24.6 Å². The molecule has 0 unspecified atom stereocenters. The summed E-state index contributed by atoms with van der Waals surface area (Å²) < 4.78 is 5.72. The normalized spacial score (nSPS) is 6.93. The molecule has 15 heavy (non-hydrogen) atoms. The van der Waals surface area contributed by atoms with E-state index >= 15 is 0 Å². The fraction of sp³-hybridized carbons (Fsp3) is 0. The Hall–Kier alpha value is -1.81. The summed E-state index contributed by atoms with van der Waals surface area (Å²) in [7, 11) is 0. The van der Waals surface area contributed by atoms with Gasteiger partial charge in [-0.05, 0) is 0 Å². The molecule has 0 spiro atoms. The third kappa shape index (κ3) is 33.0. The molecule has 0 rings (SSSR count). The van der Waals surface area contributed by atoms with Crippen LogP contribution in [0.1, 0.15) is 0 Å². The minimum absolute atomic E-state index is 0. The molecule has 0 amide bonds. The molecule has 0 atom stereocenters. The van der Waals surface area contributed by atoms with Gasteiger partial charge < -0.3 is 49.1 Å². The molecule has 0 aromatic heterocycles. The van der Waals surface area contributed by atoms with E-state index in [0.717, 1.165) is 0 Å². The smallest absolute Gasteiger partial charge is 0.483 e. The van der Waals surface area contributed by atoms with E-state index in [1.807, 2.05) is 0 Å². The monoisotopic (exact) mass is 256 g/mol. The zero-order valence-corrected chi connectivity index (χ0v) is 8.14. The second-order valence-electron chi connectivity index (χ2n) is 1.20. The number of rotatable bonds is 0. The van der Waals surface area contributed by atoms with E-state index < -0.39 is 24.6 Å². The number of carbonyl (C=O) groups excluding carboxylic acids is 4. The van der Waals surface area contributed by atoms with Crippen molar-refractivity contribution in [3.8, 4) is 0 Å². The topological polar surface area (TPSA) is 179 Å². The van der Waals surface area contributed by atoms with Gasteiger partial charge in [-0.25, -0.2) is 0 Å². The van der Waals surface area contributed by atoms with Crippen molar-refractivity contribution < 1.29 is 70.8 Å². The fourth-order valence-corrected chi connectivity index (χ4v) is 0.136. The van der Waals surface area contributed by atoms with E-state index in [1.165, 1.54) is 0 Å². The Kier molecular flexibility index (Phi) is 12.9. The molecule has 0 aliphatic rings. The van der Waals surface area contributed by atoms with Gasteiger partial charge in [0.1, 0.15) is 0 Å². The summed E-state index contributed by atoms with van der Waals surface area (Å²) in [6.07, 6.45) is -8.50. The number of hydrogen-bond acceptors (Lipinski definition) is 10. The SMILES string of the molecule is O=C([O-])OC(=O)[O-].O=C([O-])OC(=O)[O-].[Ti+4]. The van der Waals surface area contributed by atoms with Gasteiger partial charge in [0.25, 0.3) is 24.6 Å². The van der Waals surface area contributed by atoms with Crippen LogP contribution in [0, 0.1) is 0 Å². The van der Waals surface area contributed by atoms with Crippen LogP contribution in [0.15, 0.2) is 0 Å². The van der Waals surface area contributed by atoms with Gasteiger partial charge in [-0.2, -0.15) is 0 Å². The minimum Gasteiger partial charge on any atom is -0.483 e. The van der Waals surface area contributed by atoms with Gasteiger partial charge in [0.15, 0.2) is 0 Å². The van der Waals surface area contributed by atoms with Crippen molar-refractivity contribution in [1.82, 2.24) is 0 Å². The van der Waals surface area contributed by atoms with Gasteiger partial charge in [-0.1, -0.05) is 0 Å². The quantitative estimate of drug-likeness (QED) is 0.232. The average molecular weight is 256 g/mol. The van der Waals surface area contributed by atoms with Crippen LogP contribution >= 0.6 is 0 Å². The summed E-state index contributed by atoms with van der Waals surface area (Å²) in [4.78, 5) is 36.2. The molecule has 0 saturated carbocycles. The van der Waals surface area contributed by atoms with Crippen LogP contribution in [0.4, 0.5) is 19.2 Å². The van der Waals surface area contributed by atoms with E-state index in [4.69, 9.17) is 39.6 Å². The zero-order chi connectivity index (χ0) is 11.7. The number of hydrogen-bond donors (Lipinski definition) is 0. The van der Waals surface area contributed by atoms with E-state index in [0.29, 0.717) is 0 Å². The molecule has 0 fully saturated rings. The summed E-state index contributed by atoms with van der Waals surface area (Å²) in [5.41, 5.74) is 0. The van der Waals surface area contributed by atoms with E-state index in [2.05, 4.69) is 9.47 Å². The summed E-state index contributed by atoms with van der Waals surface area (Å²) >= 11 is 0. The van der Waals surface area contributed by atoms with Crippen LogP contribution in [0.2, 0.25) is 0 Å². The number of carboxylic acid groups (broad SMARTS) is 4. The number of carbonyl (C=O) groups is 4. The van der Waals surface area contributed by atoms with Crippen molar-refractivity contribution in [2.24, 2.45) is 0 Å². The van der Waals surface area contributed by atoms with Gasteiger partial charge in [-0.3, -0.25) is 0 Å². The maximum atomic E-state index is 9.06. The molecule has 0 aliphatic carbocycles. The molecular weight excluding hydrogens is 256 g/mol. The Labute approximate surface area is 95.9 Å². The van der Waals surface area contributed by atoms with Crippen LogP contribution in [0.3, 0.4) is 0 Å². The van der Waals surface area contributed by atoms with E-state index in [9.17, 15) is 0 Å². The molecule has 0 heterocycles. The molecule has 0 saturated heterocycles. The molecule has 0 aromatic rings. The van der Waals surface area contributed by atoms with Crippen molar-refractivity contribution in [2.75, 3.05) is 0 Å². The summed E-state index contributed by atoms with van der Waals surface area (Å²) in [5, 5.41) is 36.2. The predicted octanol–water partition coefficient (Wildman–Crippen LogP) is -4.62. The molecule has 10 nitrogen and oxygen atoms in total. The van der Waals surface area contributed by atoms with Crippen molar-refractivity contribution in [3.63, 3.8) is 0 Å². The van der Waals surface area contributed by atoms with Gasteiger partial charge in [-0.15, -0.1) is 0 Å². The molecule has 0 radical (unpaired) electrons. The largest absolute Gasteiger partial charge is 4.00 e. The molecule has 0 N–H and O–H groups in total.